The first-order valence-corrected chi connectivity index (χ1v) is 8.25. The van der Waals surface area contributed by atoms with Gasteiger partial charge in [-0.15, -0.1) is 0 Å². The van der Waals surface area contributed by atoms with E-state index in [4.69, 9.17) is 5.14 Å². The number of hydrogen-bond acceptors (Lipinski definition) is 3. The van der Waals surface area contributed by atoms with Crippen LogP contribution in [0.2, 0.25) is 0 Å². The molecule has 0 unspecified atom stereocenters. The molecule has 0 saturated carbocycles. The van der Waals surface area contributed by atoms with Crippen molar-refractivity contribution in [2.75, 3.05) is 5.32 Å². The molecule has 2 aromatic rings. The fourth-order valence-corrected chi connectivity index (χ4v) is 2.69. The molecule has 0 heterocycles. The Labute approximate surface area is 126 Å². The summed E-state index contributed by atoms with van der Waals surface area (Å²) in [5, 5.41) is 8.46. The molecular weight excluding hydrogens is 284 g/mol. The fourth-order valence-electron chi connectivity index (χ4n) is 2.15. The maximum atomic E-state index is 11.4. The first-order valence-electron chi connectivity index (χ1n) is 6.71. The second-order valence-corrected chi connectivity index (χ2v) is 6.87. The molecule has 0 amide bonds. The molecule has 0 aliphatic carbocycles. The van der Waals surface area contributed by atoms with E-state index in [1.165, 1.54) is 22.8 Å². The Morgan fingerprint density at radius 1 is 1.00 bits per heavy atom. The quantitative estimate of drug-likeness (QED) is 0.912. The Morgan fingerprint density at radius 3 is 2.33 bits per heavy atom. The van der Waals surface area contributed by atoms with Gasteiger partial charge < -0.3 is 5.32 Å². The standard InChI is InChI=1S/C16H20N2O2S/c1-11-4-5-12(2)14(8-11)10-18-16-9-15(21(17,19)20)7-6-13(16)3/h4-9,18H,10H2,1-3H3,(H2,17,19,20). The summed E-state index contributed by atoms with van der Waals surface area (Å²) in [4.78, 5) is 0.122. The van der Waals surface area contributed by atoms with Crippen molar-refractivity contribution in [1.82, 2.24) is 0 Å². The number of hydrogen-bond donors (Lipinski definition) is 2. The van der Waals surface area contributed by atoms with Gasteiger partial charge in [0.25, 0.3) is 0 Å². The number of benzene rings is 2. The van der Waals surface area contributed by atoms with E-state index in [9.17, 15) is 8.42 Å². The highest BCUT2D eigenvalue weighted by Crippen LogP contribution is 2.21. The monoisotopic (exact) mass is 304 g/mol. The number of anilines is 1. The SMILES string of the molecule is Cc1ccc(C)c(CNc2cc(S(N)(=O)=O)ccc2C)c1. The molecule has 0 bridgehead atoms. The van der Waals surface area contributed by atoms with E-state index in [0.717, 1.165) is 11.3 Å². The second-order valence-electron chi connectivity index (χ2n) is 5.31. The summed E-state index contributed by atoms with van der Waals surface area (Å²) in [5.41, 5.74) is 5.35. The lowest BCUT2D eigenvalue weighted by molar-refractivity contribution is 0.598. The van der Waals surface area contributed by atoms with Gasteiger partial charge in [-0.1, -0.05) is 29.8 Å². The Bertz CT molecular complexity index is 768. The zero-order chi connectivity index (χ0) is 15.6. The zero-order valence-electron chi connectivity index (χ0n) is 12.5. The van der Waals surface area contributed by atoms with E-state index in [1.54, 1.807) is 12.1 Å². The van der Waals surface area contributed by atoms with Crippen molar-refractivity contribution in [3.05, 3.63) is 58.7 Å². The predicted octanol–water partition coefficient (Wildman–Crippen LogP) is 2.87. The number of nitrogens with one attached hydrogen (secondary N) is 1. The van der Waals surface area contributed by atoms with Crippen LogP contribution in [0.25, 0.3) is 0 Å². The van der Waals surface area contributed by atoms with Crippen LogP contribution < -0.4 is 10.5 Å². The molecule has 0 spiro atoms. The minimum absolute atomic E-state index is 0.122. The molecule has 3 N–H and O–H groups in total. The molecular formula is C16H20N2O2S. The van der Waals surface area contributed by atoms with Gasteiger partial charge in [-0.2, -0.15) is 0 Å². The van der Waals surface area contributed by atoms with Crippen LogP contribution in [0.4, 0.5) is 5.69 Å². The lowest BCUT2D eigenvalue weighted by Gasteiger charge is -2.13. The first kappa shape index (κ1) is 15.5. The van der Waals surface area contributed by atoms with Crippen LogP contribution in [0, 0.1) is 20.8 Å². The average Bonchev–Trinajstić information content (AvgIpc) is 2.40. The highest BCUT2D eigenvalue weighted by atomic mass is 32.2. The van der Waals surface area contributed by atoms with Crippen molar-refractivity contribution < 1.29 is 8.42 Å². The van der Waals surface area contributed by atoms with Crippen LogP contribution in [0.5, 0.6) is 0 Å². The molecule has 112 valence electrons. The maximum Gasteiger partial charge on any atom is 0.238 e. The molecule has 2 rings (SSSR count). The smallest absolute Gasteiger partial charge is 0.238 e. The minimum atomic E-state index is -3.68. The fraction of sp³-hybridized carbons (Fsp3) is 0.250. The topological polar surface area (TPSA) is 72.2 Å². The maximum absolute atomic E-state index is 11.4. The Morgan fingerprint density at radius 2 is 1.67 bits per heavy atom. The highest BCUT2D eigenvalue weighted by Gasteiger charge is 2.10. The van der Waals surface area contributed by atoms with Gasteiger partial charge in [-0.25, -0.2) is 13.6 Å². The van der Waals surface area contributed by atoms with E-state index >= 15 is 0 Å². The van der Waals surface area contributed by atoms with Gasteiger partial charge in [-0.05, 0) is 49.6 Å². The lowest BCUT2D eigenvalue weighted by atomic mass is 10.1. The second kappa shape index (κ2) is 5.87. The minimum Gasteiger partial charge on any atom is -0.381 e. The van der Waals surface area contributed by atoms with E-state index in [0.29, 0.717) is 6.54 Å². The number of aryl methyl sites for hydroxylation is 3. The van der Waals surface area contributed by atoms with Crippen molar-refractivity contribution in [3.63, 3.8) is 0 Å². The molecule has 0 aliphatic heterocycles. The van der Waals surface area contributed by atoms with E-state index < -0.39 is 10.0 Å². The zero-order valence-corrected chi connectivity index (χ0v) is 13.3. The molecule has 0 aromatic heterocycles. The molecule has 0 fully saturated rings. The van der Waals surface area contributed by atoms with Gasteiger partial charge in [0.15, 0.2) is 0 Å². The average molecular weight is 304 g/mol. The Hall–Kier alpha value is -1.85. The van der Waals surface area contributed by atoms with Crippen molar-refractivity contribution in [1.29, 1.82) is 0 Å². The van der Waals surface area contributed by atoms with E-state index in [2.05, 4.69) is 37.4 Å². The van der Waals surface area contributed by atoms with Crippen LogP contribution in [-0.2, 0) is 16.6 Å². The van der Waals surface area contributed by atoms with E-state index in [1.807, 2.05) is 6.92 Å². The third-order valence-corrected chi connectivity index (χ3v) is 4.42. The van der Waals surface area contributed by atoms with Gasteiger partial charge in [0.05, 0.1) is 4.90 Å². The van der Waals surface area contributed by atoms with Crippen LogP contribution in [0.1, 0.15) is 22.3 Å². The van der Waals surface area contributed by atoms with Gasteiger partial charge in [0, 0.05) is 12.2 Å². The first-order chi connectivity index (χ1) is 9.77. The molecule has 0 aliphatic rings. The largest absolute Gasteiger partial charge is 0.381 e. The van der Waals surface area contributed by atoms with Gasteiger partial charge in [0.1, 0.15) is 0 Å². The van der Waals surface area contributed by atoms with Crippen molar-refractivity contribution in [2.24, 2.45) is 5.14 Å². The summed E-state index contributed by atoms with van der Waals surface area (Å²) in [5.74, 6) is 0. The number of nitrogens with two attached hydrogens (primary N) is 1. The van der Waals surface area contributed by atoms with Crippen molar-refractivity contribution >= 4 is 15.7 Å². The third kappa shape index (κ3) is 3.83. The Kier molecular flexibility index (Phi) is 4.34. The predicted molar refractivity (Wildman–Crippen MR) is 85.8 cm³/mol. The lowest BCUT2D eigenvalue weighted by Crippen LogP contribution is -2.13. The number of sulfonamides is 1. The molecule has 2 aromatic carbocycles. The normalized spacial score (nSPS) is 11.4. The molecule has 4 nitrogen and oxygen atoms in total. The van der Waals surface area contributed by atoms with Gasteiger partial charge in [0.2, 0.25) is 10.0 Å². The van der Waals surface area contributed by atoms with Crippen molar-refractivity contribution in [2.45, 2.75) is 32.2 Å². The van der Waals surface area contributed by atoms with Crippen LogP contribution in [-0.4, -0.2) is 8.42 Å². The molecule has 21 heavy (non-hydrogen) atoms. The summed E-state index contributed by atoms with van der Waals surface area (Å²) in [6.45, 7) is 6.68. The molecule has 0 atom stereocenters. The Balaban J connectivity index is 2.26. The van der Waals surface area contributed by atoms with Gasteiger partial charge >= 0.3 is 0 Å². The summed E-state index contributed by atoms with van der Waals surface area (Å²) in [7, 11) is -3.68. The summed E-state index contributed by atoms with van der Waals surface area (Å²) in [6.07, 6.45) is 0. The van der Waals surface area contributed by atoms with E-state index in [-0.39, 0.29) is 4.90 Å². The summed E-state index contributed by atoms with van der Waals surface area (Å²) in [6, 6.07) is 11.1. The number of rotatable bonds is 4. The molecule has 0 saturated heterocycles. The summed E-state index contributed by atoms with van der Waals surface area (Å²) < 4.78 is 22.8. The van der Waals surface area contributed by atoms with Crippen molar-refractivity contribution in [3.8, 4) is 0 Å². The number of primary sulfonamides is 1. The highest BCUT2D eigenvalue weighted by molar-refractivity contribution is 7.89. The third-order valence-electron chi connectivity index (χ3n) is 3.51. The molecule has 5 heteroatoms. The van der Waals surface area contributed by atoms with Crippen LogP contribution >= 0.6 is 0 Å². The van der Waals surface area contributed by atoms with Gasteiger partial charge in [-0.3, -0.25) is 0 Å². The molecule has 0 radical (unpaired) electrons. The van der Waals surface area contributed by atoms with Crippen LogP contribution in [0.3, 0.4) is 0 Å². The summed E-state index contributed by atoms with van der Waals surface area (Å²) >= 11 is 0. The van der Waals surface area contributed by atoms with Crippen LogP contribution in [0.15, 0.2) is 41.3 Å².